The first kappa shape index (κ1) is 8.96. The van der Waals surface area contributed by atoms with Gasteiger partial charge in [-0.05, 0) is 24.6 Å². The number of nitrogens with zero attached hydrogens (tertiary/aromatic N) is 2. The fourth-order valence-corrected chi connectivity index (χ4v) is 1.56. The zero-order chi connectivity index (χ0) is 9.80. The van der Waals surface area contributed by atoms with Crippen LogP contribution in [-0.4, -0.2) is 17.7 Å². The zero-order valence-corrected chi connectivity index (χ0v) is 8.20. The predicted molar refractivity (Wildman–Crippen MR) is 57.5 cm³/mol. The SMILES string of the molecule is Cc1cc([C@@H]2CC#CC=NC2)ccn1. The molecule has 0 fully saturated rings. The zero-order valence-electron chi connectivity index (χ0n) is 8.20. The maximum Gasteiger partial charge on any atom is 0.0711 e. The van der Waals surface area contributed by atoms with Gasteiger partial charge in [0.1, 0.15) is 0 Å². The van der Waals surface area contributed by atoms with E-state index in [1.807, 2.05) is 13.1 Å². The molecule has 2 nitrogen and oxygen atoms in total. The molecule has 0 aromatic carbocycles. The highest BCUT2D eigenvalue weighted by Crippen LogP contribution is 2.20. The molecule has 0 aliphatic carbocycles. The molecule has 0 radical (unpaired) electrons. The van der Waals surface area contributed by atoms with Gasteiger partial charge in [0.15, 0.2) is 0 Å². The van der Waals surface area contributed by atoms with E-state index in [0.29, 0.717) is 5.92 Å². The van der Waals surface area contributed by atoms with Crippen LogP contribution in [0.15, 0.2) is 23.3 Å². The van der Waals surface area contributed by atoms with Gasteiger partial charge in [-0.3, -0.25) is 9.98 Å². The molecule has 1 aliphatic heterocycles. The van der Waals surface area contributed by atoms with E-state index in [4.69, 9.17) is 0 Å². The molecule has 1 aromatic heterocycles. The standard InChI is InChI=1S/C12H12N2/c1-10-8-11(5-7-14-10)12-4-2-3-6-13-9-12/h5-8,12H,4,9H2,1H3/t12-/m1/s1. The Morgan fingerprint density at radius 2 is 2.43 bits per heavy atom. The Balaban J connectivity index is 2.23. The summed E-state index contributed by atoms with van der Waals surface area (Å²) in [6.45, 7) is 2.83. The fraction of sp³-hybridized carbons (Fsp3) is 0.333. The van der Waals surface area contributed by atoms with Crippen molar-refractivity contribution in [1.29, 1.82) is 0 Å². The van der Waals surface area contributed by atoms with Crippen molar-refractivity contribution in [1.82, 2.24) is 4.98 Å². The molecule has 70 valence electrons. The molecule has 0 bridgehead atoms. The number of aryl methyl sites for hydroxylation is 1. The minimum atomic E-state index is 0.433. The number of rotatable bonds is 1. The maximum atomic E-state index is 4.24. The van der Waals surface area contributed by atoms with Gasteiger partial charge >= 0.3 is 0 Å². The molecule has 1 atom stereocenters. The number of aromatic nitrogens is 1. The maximum absolute atomic E-state index is 4.24. The summed E-state index contributed by atoms with van der Waals surface area (Å²) < 4.78 is 0. The van der Waals surface area contributed by atoms with Crippen LogP contribution >= 0.6 is 0 Å². The summed E-state index contributed by atoms with van der Waals surface area (Å²) in [5.41, 5.74) is 2.36. The van der Waals surface area contributed by atoms with Crippen LogP contribution in [0.2, 0.25) is 0 Å². The Morgan fingerprint density at radius 1 is 1.50 bits per heavy atom. The Morgan fingerprint density at radius 3 is 3.29 bits per heavy atom. The van der Waals surface area contributed by atoms with Crippen molar-refractivity contribution in [3.05, 3.63) is 29.6 Å². The minimum absolute atomic E-state index is 0.433. The van der Waals surface area contributed by atoms with Crippen LogP contribution in [0.3, 0.4) is 0 Å². The van der Waals surface area contributed by atoms with Crippen molar-refractivity contribution in [2.75, 3.05) is 6.54 Å². The molecule has 2 rings (SSSR count). The summed E-state index contributed by atoms with van der Waals surface area (Å²) >= 11 is 0. The summed E-state index contributed by atoms with van der Waals surface area (Å²) in [5, 5.41) is 0. The van der Waals surface area contributed by atoms with Crippen LogP contribution in [0.4, 0.5) is 0 Å². The van der Waals surface area contributed by atoms with Crippen LogP contribution in [0.5, 0.6) is 0 Å². The number of pyridine rings is 1. The van der Waals surface area contributed by atoms with E-state index in [1.165, 1.54) is 5.56 Å². The molecule has 0 unspecified atom stereocenters. The predicted octanol–water partition coefficient (Wildman–Crippen LogP) is 1.95. The quantitative estimate of drug-likeness (QED) is 0.612. The van der Waals surface area contributed by atoms with Crippen LogP contribution in [0.25, 0.3) is 0 Å². The Bertz CT molecular complexity index is 410. The first-order valence-corrected chi connectivity index (χ1v) is 4.75. The molecule has 2 heterocycles. The van der Waals surface area contributed by atoms with Gasteiger partial charge in [0, 0.05) is 30.8 Å². The second-order valence-corrected chi connectivity index (χ2v) is 3.45. The van der Waals surface area contributed by atoms with Crippen LogP contribution < -0.4 is 0 Å². The van der Waals surface area contributed by atoms with Gasteiger partial charge in [-0.2, -0.15) is 0 Å². The third kappa shape index (κ3) is 2.00. The lowest BCUT2D eigenvalue weighted by molar-refractivity contribution is 0.724. The summed E-state index contributed by atoms with van der Waals surface area (Å²) in [5.74, 6) is 6.43. The fourth-order valence-electron chi connectivity index (χ4n) is 1.56. The topological polar surface area (TPSA) is 25.2 Å². The van der Waals surface area contributed by atoms with Crippen molar-refractivity contribution >= 4 is 6.21 Å². The molecule has 0 saturated carbocycles. The van der Waals surface area contributed by atoms with Gasteiger partial charge in [-0.25, -0.2) is 0 Å². The third-order valence-corrected chi connectivity index (χ3v) is 2.32. The van der Waals surface area contributed by atoms with Gasteiger partial charge < -0.3 is 0 Å². The summed E-state index contributed by atoms with van der Waals surface area (Å²) in [7, 11) is 0. The lowest BCUT2D eigenvalue weighted by atomic mass is 9.97. The minimum Gasteiger partial charge on any atom is -0.284 e. The Labute approximate surface area is 84.1 Å². The second-order valence-electron chi connectivity index (χ2n) is 3.45. The normalized spacial score (nSPS) is 19.6. The molecule has 0 amide bonds. The molecular formula is C12H12N2. The third-order valence-electron chi connectivity index (χ3n) is 2.32. The van der Waals surface area contributed by atoms with E-state index in [2.05, 4.69) is 33.9 Å². The van der Waals surface area contributed by atoms with E-state index in [1.54, 1.807) is 6.21 Å². The Hall–Kier alpha value is -1.62. The summed E-state index contributed by atoms with van der Waals surface area (Å²) in [4.78, 5) is 8.42. The highest BCUT2D eigenvalue weighted by molar-refractivity contribution is 5.78. The van der Waals surface area contributed by atoms with Crippen LogP contribution in [0.1, 0.15) is 23.6 Å². The van der Waals surface area contributed by atoms with E-state index < -0.39 is 0 Å². The highest BCUT2D eigenvalue weighted by Gasteiger charge is 2.10. The average molecular weight is 184 g/mol. The van der Waals surface area contributed by atoms with Crippen LogP contribution in [0, 0.1) is 18.8 Å². The molecule has 2 heteroatoms. The van der Waals surface area contributed by atoms with Crippen molar-refractivity contribution in [2.24, 2.45) is 4.99 Å². The Kier molecular flexibility index (Phi) is 2.60. The molecule has 0 N–H and O–H groups in total. The van der Waals surface area contributed by atoms with Gasteiger partial charge in [0.25, 0.3) is 0 Å². The second kappa shape index (κ2) is 4.06. The molecule has 14 heavy (non-hydrogen) atoms. The van der Waals surface area contributed by atoms with E-state index in [9.17, 15) is 0 Å². The lowest BCUT2D eigenvalue weighted by Gasteiger charge is -2.11. The van der Waals surface area contributed by atoms with Gasteiger partial charge in [0.2, 0.25) is 0 Å². The van der Waals surface area contributed by atoms with E-state index in [0.717, 1.165) is 18.7 Å². The highest BCUT2D eigenvalue weighted by atomic mass is 14.7. The molecule has 0 saturated heterocycles. The number of hydrogen-bond acceptors (Lipinski definition) is 2. The van der Waals surface area contributed by atoms with Crippen molar-refractivity contribution in [3.63, 3.8) is 0 Å². The monoisotopic (exact) mass is 184 g/mol. The molecule has 1 aliphatic rings. The van der Waals surface area contributed by atoms with Gasteiger partial charge in [-0.1, -0.05) is 11.8 Å². The summed E-state index contributed by atoms with van der Waals surface area (Å²) in [6.07, 6.45) is 4.45. The van der Waals surface area contributed by atoms with Crippen molar-refractivity contribution in [2.45, 2.75) is 19.3 Å². The number of hydrogen-bond donors (Lipinski definition) is 0. The molecule has 0 spiro atoms. The van der Waals surface area contributed by atoms with Crippen LogP contribution in [-0.2, 0) is 0 Å². The van der Waals surface area contributed by atoms with E-state index in [-0.39, 0.29) is 0 Å². The number of aliphatic imine (C=N–C) groups is 1. The van der Waals surface area contributed by atoms with Crippen molar-refractivity contribution < 1.29 is 0 Å². The first-order valence-electron chi connectivity index (χ1n) is 4.75. The van der Waals surface area contributed by atoms with Gasteiger partial charge in [0.05, 0.1) is 6.21 Å². The molecule has 1 aromatic rings. The average Bonchev–Trinajstić information content (AvgIpc) is 2.45. The van der Waals surface area contributed by atoms with E-state index >= 15 is 0 Å². The molecular weight excluding hydrogens is 172 g/mol. The van der Waals surface area contributed by atoms with Crippen molar-refractivity contribution in [3.8, 4) is 11.8 Å². The smallest absolute Gasteiger partial charge is 0.0711 e. The largest absolute Gasteiger partial charge is 0.284 e. The lowest BCUT2D eigenvalue weighted by Crippen LogP contribution is -2.02. The van der Waals surface area contributed by atoms with Gasteiger partial charge in [-0.15, -0.1) is 0 Å². The summed E-state index contributed by atoms with van der Waals surface area (Å²) in [6, 6.07) is 4.17. The first-order chi connectivity index (χ1) is 6.86.